The lowest BCUT2D eigenvalue weighted by atomic mass is 10.0. The van der Waals surface area contributed by atoms with Crippen LogP contribution in [0.15, 0.2) is 41.6 Å². The van der Waals surface area contributed by atoms with Crippen molar-refractivity contribution in [3.8, 4) is 0 Å². The molecule has 3 rings (SSSR count). The summed E-state index contributed by atoms with van der Waals surface area (Å²) in [5.74, 6) is 0.548. The summed E-state index contributed by atoms with van der Waals surface area (Å²) in [6, 6.07) is 8.12. The van der Waals surface area contributed by atoms with Crippen molar-refractivity contribution in [1.82, 2.24) is 9.97 Å². The van der Waals surface area contributed by atoms with Gasteiger partial charge in [-0.2, -0.15) is 0 Å². The molecule has 0 amide bonds. The van der Waals surface area contributed by atoms with Crippen LogP contribution in [0.2, 0.25) is 0 Å². The van der Waals surface area contributed by atoms with Gasteiger partial charge in [0.25, 0.3) is 0 Å². The maximum Gasteiger partial charge on any atom is 0.227 e. The van der Waals surface area contributed by atoms with E-state index >= 15 is 0 Å². The quantitative estimate of drug-likeness (QED) is 0.799. The number of hydrogen-bond donors (Lipinski definition) is 2. The molecule has 0 unspecified atom stereocenters. The minimum absolute atomic E-state index is 0.548. The second-order valence-corrected chi connectivity index (χ2v) is 6.27. The van der Waals surface area contributed by atoms with Crippen molar-refractivity contribution in [2.24, 2.45) is 0 Å². The summed E-state index contributed by atoms with van der Waals surface area (Å²) in [5, 5.41) is 11.8. The van der Waals surface area contributed by atoms with Gasteiger partial charge in [-0.05, 0) is 63.3 Å². The topological polar surface area (TPSA) is 61.7 Å². The number of aromatic nitrogens is 2. The lowest BCUT2D eigenvalue weighted by Gasteiger charge is -2.11. The van der Waals surface area contributed by atoms with E-state index < -0.39 is 0 Å². The highest BCUT2D eigenvalue weighted by atomic mass is 15.1. The molecule has 23 heavy (non-hydrogen) atoms. The zero-order chi connectivity index (χ0) is 16.4. The normalized spacial score (nSPS) is 14.2. The molecule has 0 radical (unpaired) electrons. The molecule has 4 heteroatoms. The van der Waals surface area contributed by atoms with Crippen LogP contribution in [-0.2, 0) is 6.42 Å². The Labute approximate surface area is 137 Å². The molecule has 0 saturated carbocycles. The average Bonchev–Trinajstić information content (AvgIpc) is 2.69. The lowest BCUT2D eigenvalue weighted by Crippen LogP contribution is -2.10. The Kier molecular flexibility index (Phi) is 4.24. The molecule has 4 nitrogen and oxygen atoms in total. The van der Waals surface area contributed by atoms with Crippen LogP contribution in [0.5, 0.6) is 0 Å². The van der Waals surface area contributed by atoms with Gasteiger partial charge in [0, 0.05) is 11.9 Å². The first kappa shape index (κ1) is 15.4. The van der Waals surface area contributed by atoms with Crippen LogP contribution in [0, 0.1) is 12.3 Å². The molecule has 1 aliphatic carbocycles. The number of nitrogens with zero attached hydrogens (tertiary/aromatic N) is 2. The van der Waals surface area contributed by atoms with Crippen molar-refractivity contribution in [2.45, 2.75) is 40.0 Å². The Morgan fingerprint density at radius 1 is 1.13 bits per heavy atom. The number of fused-ring (bicyclic) bond motifs is 1. The van der Waals surface area contributed by atoms with Gasteiger partial charge in [-0.1, -0.05) is 23.3 Å². The van der Waals surface area contributed by atoms with Crippen LogP contribution in [0.3, 0.4) is 0 Å². The SMILES string of the molecule is CC(C)=C1CCCc2cnc(Nc3ccc(C)cc3)nc2C1=N. The number of hydrogen-bond acceptors (Lipinski definition) is 4. The van der Waals surface area contributed by atoms with Crippen LogP contribution < -0.4 is 5.32 Å². The average molecular weight is 306 g/mol. The van der Waals surface area contributed by atoms with E-state index in [1.165, 1.54) is 11.1 Å². The summed E-state index contributed by atoms with van der Waals surface area (Å²) in [5.41, 5.74) is 6.88. The van der Waals surface area contributed by atoms with Crippen LogP contribution in [0.25, 0.3) is 0 Å². The van der Waals surface area contributed by atoms with Crippen molar-refractivity contribution in [3.63, 3.8) is 0 Å². The Morgan fingerprint density at radius 3 is 2.57 bits per heavy atom. The molecule has 2 aromatic rings. The van der Waals surface area contributed by atoms with Gasteiger partial charge in [-0.15, -0.1) is 0 Å². The molecule has 0 aliphatic heterocycles. The molecule has 0 atom stereocenters. The molecule has 0 bridgehead atoms. The summed E-state index contributed by atoms with van der Waals surface area (Å²) >= 11 is 0. The molecule has 118 valence electrons. The first-order chi connectivity index (χ1) is 11.0. The lowest BCUT2D eigenvalue weighted by molar-refractivity contribution is 0.827. The number of nitrogens with one attached hydrogen (secondary N) is 2. The van der Waals surface area contributed by atoms with Gasteiger partial charge in [0.15, 0.2) is 0 Å². The van der Waals surface area contributed by atoms with E-state index in [1.807, 2.05) is 18.3 Å². The van der Waals surface area contributed by atoms with Gasteiger partial charge in [0.1, 0.15) is 0 Å². The number of rotatable bonds is 2. The first-order valence-electron chi connectivity index (χ1n) is 8.00. The Bertz CT molecular complexity index is 768. The Hall–Kier alpha value is -2.49. The maximum absolute atomic E-state index is 8.53. The molecule has 0 fully saturated rings. The number of benzene rings is 1. The zero-order valence-electron chi connectivity index (χ0n) is 13.9. The third-order valence-electron chi connectivity index (χ3n) is 4.19. The van der Waals surface area contributed by atoms with E-state index in [2.05, 4.69) is 48.2 Å². The summed E-state index contributed by atoms with van der Waals surface area (Å²) < 4.78 is 0. The highest BCUT2D eigenvalue weighted by Gasteiger charge is 2.20. The highest BCUT2D eigenvalue weighted by molar-refractivity contribution is 6.11. The molecule has 2 N–H and O–H groups in total. The summed E-state index contributed by atoms with van der Waals surface area (Å²) in [6.07, 6.45) is 4.78. The fourth-order valence-electron chi connectivity index (χ4n) is 2.86. The second-order valence-electron chi connectivity index (χ2n) is 6.27. The molecule has 0 saturated heterocycles. The van der Waals surface area contributed by atoms with Crippen LogP contribution in [0.1, 0.15) is 43.5 Å². The monoisotopic (exact) mass is 306 g/mol. The second kappa shape index (κ2) is 6.32. The van der Waals surface area contributed by atoms with E-state index in [1.54, 1.807) is 0 Å². The molecular weight excluding hydrogens is 284 g/mol. The standard InChI is InChI=1S/C19H22N4/c1-12(2)16-6-4-5-14-11-21-19(23-18(14)17(16)20)22-15-9-7-13(3)8-10-15/h7-11,20H,4-6H2,1-3H3,(H,21,22,23). The van der Waals surface area contributed by atoms with Crippen LogP contribution in [0.4, 0.5) is 11.6 Å². The summed E-state index contributed by atoms with van der Waals surface area (Å²) in [6.45, 7) is 6.20. The minimum Gasteiger partial charge on any atom is -0.324 e. The number of aryl methyl sites for hydroxylation is 2. The fourth-order valence-corrected chi connectivity index (χ4v) is 2.86. The largest absolute Gasteiger partial charge is 0.324 e. The van der Waals surface area contributed by atoms with Gasteiger partial charge in [0.05, 0.1) is 11.4 Å². The molecular formula is C19H22N4. The van der Waals surface area contributed by atoms with Gasteiger partial charge in [-0.3, -0.25) is 5.41 Å². The van der Waals surface area contributed by atoms with Gasteiger partial charge < -0.3 is 5.32 Å². The Balaban J connectivity index is 1.94. The highest BCUT2D eigenvalue weighted by Crippen LogP contribution is 2.26. The first-order valence-corrected chi connectivity index (χ1v) is 8.00. The van der Waals surface area contributed by atoms with E-state index in [4.69, 9.17) is 5.41 Å². The van der Waals surface area contributed by atoms with Crippen molar-refractivity contribution in [2.75, 3.05) is 5.32 Å². The number of anilines is 2. The van der Waals surface area contributed by atoms with E-state index in [0.717, 1.165) is 41.8 Å². The van der Waals surface area contributed by atoms with Gasteiger partial charge in [-0.25, -0.2) is 9.97 Å². The van der Waals surface area contributed by atoms with Crippen molar-refractivity contribution < 1.29 is 0 Å². The van der Waals surface area contributed by atoms with Crippen molar-refractivity contribution in [1.29, 1.82) is 5.41 Å². The minimum atomic E-state index is 0.548. The number of allylic oxidation sites excluding steroid dienone is 2. The zero-order valence-corrected chi connectivity index (χ0v) is 13.9. The van der Waals surface area contributed by atoms with Crippen LogP contribution >= 0.6 is 0 Å². The van der Waals surface area contributed by atoms with Gasteiger partial charge in [0.2, 0.25) is 5.95 Å². The summed E-state index contributed by atoms with van der Waals surface area (Å²) in [4.78, 5) is 9.04. The smallest absolute Gasteiger partial charge is 0.227 e. The molecule has 1 aromatic heterocycles. The Morgan fingerprint density at radius 2 is 1.87 bits per heavy atom. The molecule has 0 spiro atoms. The van der Waals surface area contributed by atoms with Crippen molar-refractivity contribution >= 4 is 17.3 Å². The molecule has 1 aliphatic rings. The van der Waals surface area contributed by atoms with E-state index in [0.29, 0.717) is 11.7 Å². The van der Waals surface area contributed by atoms with Crippen molar-refractivity contribution in [3.05, 3.63) is 58.4 Å². The molecule has 1 heterocycles. The summed E-state index contributed by atoms with van der Waals surface area (Å²) in [7, 11) is 0. The van der Waals surface area contributed by atoms with Gasteiger partial charge >= 0.3 is 0 Å². The third-order valence-corrected chi connectivity index (χ3v) is 4.19. The van der Waals surface area contributed by atoms with Crippen LogP contribution in [-0.4, -0.2) is 15.7 Å². The predicted octanol–water partition coefficient (Wildman–Crippen LogP) is 4.57. The fraction of sp³-hybridized carbons (Fsp3) is 0.316. The predicted molar refractivity (Wildman–Crippen MR) is 94.6 cm³/mol. The van der Waals surface area contributed by atoms with E-state index in [-0.39, 0.29) is 0 Å². The molecule has 1 aromatic carbocycles. The maximum atomic E-state index is 8.53. The van der Waals surface area contributed by atoms with E-state index in [9.17, 15) is 0 Å². The third kappa shape index (κ3) is 3.31.